The maximum atomic E-state index is 10.7. The third-order valence-electron chi connectivity index (χ3n) is 2.55. The zero-order chi connectivity index (χ0) is 13.8. The van der Waals surface area contributed by atoms with Crippen molar-refractivity contribution < 1.29 is 4.92 Å². The highest BCUT2D eigenvalue weighted by Crippen LogP contribution is 2.21. The molecule has 0 amide bonds. The van der Waals surface area contributed by atoms with Crippen molar-refractivity contribution in [3.63, 3.8) is 0 Å². The first-order valence-electron chi connectivity index (χ1n) is 5.82. The van der Waals surface area contributed by atoms with Crippen LogP contribution in [0.1, 0.15) is 16.7 Å². The Kier molecular flexibility index (Phi) is 3.96. The molecule has 100 valence electrons. The largest absolute Gasteiger partial charge is 0.383 e. The maximum absolute atomic E-state index is 10.7. The van der Waals surface area contributed by atoms with Crippen molar-refractivity contribution in [3.8, 4) is 0 Å². The van der Waals surface area contributed by atoms with E-state index >= 15 is 0 Å². The first-order chi connectivity index (χ1) is 9.08. The van der Waals surface area contributed by atoms with Gasteiger partial charge in [-0.2, -0.15) is 0 Å². The number of nitrogen functional groups attached to an aromatic ring is 1. The van der Waals surface area contributed by atoms with E-state index in [1.807, 2.05) is 6.07 Å². The van der Waals surface area contributed by atoms with Gasteiger partial charge in [-0.25, -0.2) is 4.98 Å². The normalized spacial score (nSPS) is 10.4. The van der Waals surface area contributed by atoms with Gasteiger partial charge in [0.05, 0.1) is 23.6 Å². The van der Waals surface area contributed by atoms with Gasteiger partial charge < -0.3 is 11.1 Å². The molecule has 2 aromatic heterocycles. The number of pyridine rings is 1. The highest BCUT2D eigenvalue weighted by Gasteiger charge is 2.09. The SMILES string of the molecule is CCc1ccc(CNc2cc([N+](=O)[O-])cc(N)n2)s1. The van der Waals surface area contributed by atoms with Crippen molar-refractivity contribution in [2.75, 3.05) is 11.1 Å². The van der Waals surface area contributed by atoms with Gasteiger partial charge in [-0.05, 0) is 18.6 Å². The zero-order valence-electron chi connectivity index (χ0n) is 10.4. The zero-order valence-corrected chi connectivity index (χ0v) is 11.2. The molecule has 0 saturated heterocycles. The summed E-state index contributed by atoms with van der Waals surface area (Å²) < 4.78 is 0. The summed E-state index contributed by atoms with van der Waals surface area (Å²) in [5.74, 6) is 0.551. The number of hydrogen-bond donors (Lipinski definition) is 2. The van der Waals surface area contributed by atoms with Gasteiger partial charge in [0.2, 0.25) is 0 Å². The molecule has 0 aliphatic heterocycles. The Balaban J connectivity index is 2.08. The minimum atomic E-state index is -0.483. The van der Waals surface area contributed by atoms with Crippen molar-refractivity contribution in [1.82, 2.24) is 4.98 Å². The molecule has 6 nitrogen and oxygen atoms in total. The van der Waals surface area contributed by atoms with E-state index in [1.54, 1.807) is 11.3 Å². The summed E-state index contributed by atoms with van der Waals surface area (Å²) in [5, 5.41) is 13.8. The minimum Gasteiger partial charge on any atom is -0.383 e. The van der Waals surface area contributed by atoms with Gasteiger partial charge in [0.15, 0.2) is 0 Å². The predicted molar refractivity (Wildman–Crippen MR) is 76.3 cm³/mol. The molecule has 0 saturated carbocycles. The first kappa shape index (κ1) is 13.3. The van der Waals surface area contributed by atoms with Crippen LogP contribution in [0.4, 0.5) is 17.3 Å². The number of anilines is 2. The average molecular weight is 278 g/mol. The molecular weight excluding hydrogens is 264 g/mol. The summed E-state index contributed by atoms with van der Waals surface area (Å²) in [6.07, 6.45) is 1.01. The lowest BCUT2D eigenvalue weighted by Gasteiger charge is -2.04. The van der Waals surface area contributed by atoms with E-state index in [-0.39, 0.29) is 11.5 Å². The molecule has 0 bridgehead atoms. The maximum Gasteiger partial charge on any atom is 0.276 e. The Morgan fingerprint density at radius 2 is 2.16 bits per heavy atom. The third kappa shape index (κ3) is 3.41. The number of thiophene rings is 1. The van der Waals surface area contributed by atoms with Crippen LogP contribution in [-0.4, -0.2) is 9.91 Å². The van der Waals surface area contributed by atoms with Crippen LogP contribution >= 0.6 is 11.3 Å². The Hall–Kier alpha value is -2.15. The van der Waals surface area contributed by atoms with E-state index < -0.39 is 4.92 Å². The van der Waals surface area contributed by atoms with Crippen molar-refractivity contribution in [2.45, 2.75) is 19.9 Å². The van der Waals surface area contributed by atoms with Gasteiger partial charge in [-0.15, -0.1) is 11.3 Å². The molecule has 3 N–H and O–H groups in total. The van der Waals surface area contributed by atoms with Crippen LogP contribution in [-0.2, 0) is 13.0 Å². The summed E-state index contributed by atoms with van der Waals surface area (Å²) in [6.45, 7) is 2.68. The Bertz CT molecular complexity index is 597. The van der Waals surface area contributed by atoms with Gasteiger partial charge in [0.25, 0.3) is 5.69 Å². The Labute approximate surface area is 114 Å². The predicted octanol–water partition coefficient (Wildman–Crippen LogP) is 2.81. The van der Waals surface area contributed by atoms with Crippen LogP contribution in [0.3, 0.4) is 0 Å². The second-order valence-electron chi connectivity index (χ2n) is 3.97. The summed E-state index contributed by atoms with van der Waals surface area (Å²) in [7, 11) is 0. The number of aryl methyl sites for hydroxylation is 1. The number of nitrogens with two attached hydrogens (primary N) is 1. The fourth-order valence-corrected chi connectivity index (χ4v) is 2.52. The molecule has 2 aromatic rings. The lowest BCUT2D eigenvalue weighted by molar-refractivity contribution is -0.384. The fourth-order valence-electron chi connectivity index (χ4n) is 1.62. The van der Waals surface area contributed by atoms with Crippen LogP contribution in [0.15, 0.2) is 24.3 Å². The van der Waals surface area contributed by atoms with Gasteiger partial charge >= 0.3 is 0 Å². The number of aromatic nitrogens is 1. The molecule has 0 aliphatic rings. The van der Waals surface area contributed by atoms with Crippen LogP contribution in [0.5, 0.6) is 0 Å². The van der Waals surface area contributed by atoms with Crippen LogP contribution in [0.2, 0.25) is 0 Å². The average Bonchev–Trinajstić information content (AvgIpc) is 2.83. The van der Waals surface area contributed by atoms with E-state index in [2.05, 4.69) is 23.3 Å². The van der Waals surface area contributed by atoms with E-state index in [4.69, 9.17) is 5.73 Å². The summed E-state index contributed by atoms with van der Waals surface area (Å²) in [6, 6.07) is 6.74. The second kappa shape index (κ2) is 5.66. The van der Waals surface area contributed by atoms with E-state index in [0.717, 1.165) is 11.3 Å². The van der Waals surface area contributed by atoms with Crippen molar-refractivity contribution >= 4 is 28.7 Å². The molecule has 0 aromatic carbocycles. The van der Waals surface area contributed by atoms with E-state index in [0.29, 0.717) is 12.4 Å². The quantitative estimate of drug-likeness (QED) is 0.648. The molecule has 0 atom stereocenters. The van der Waals surface area contributed by atoms with Crippen molar-refractivity contribution in [1.29, 1.82) is 0 Å². The second-order valence-corrected chi connectivity index (χ2v) is 5.22. The van der Waals surface area contributed by atoms with Crippen molar-refractivity contribution in [2.24, 2.45) is 0 Å². The standard InChI is InChI=1S/C12H14N4O2S/c1-2-9-3-4-10(19-9)7-14-12-6-8(16(17)18)5-11(13)15-12/h3-6H,2,7H2,1H3,(H3,13,14,15). The molecule has 0 radical (unpaired) electrons. The highest BCUT2D eigenvalue weighted by atomic mass is 32.1. The van der Waals surface area contributed by atoms with E-state index in [9.17, 15) is 10.1 Å². The van der Waals surface area contributed by atoms with Gasteiger partial charge in [0.1, 0.15) is 11.6 Å². The van der Waals surface area contributed by atoms with Gasteiger partial charge in [0, 0.05) is 9.75 Å². The molecule has 0 aliphatic carbocycles. The lowest BCUT2D eigenvalue weighted by atomic mass is 10.3. The third-order valence-corrected chi connectivity index (χ3v) is 3.78. The smallest absolute Gasteiger partial charge is 0.276 e. The number of rotatable bonds is 5. The molecular formula is C12H14N4O2S. The number of hydrogen-bond acceptors (Lipinski definition) is 6. The Morgan fingerprint density at radius 1 is 1.42 bits per heavy atom. The van der Waals surface area contributed by atoms with Crippen LogP contribution in [0.25, 0.3) is 0 Å². The molecule has 19 heavy (non-hydrogen) atoms. The summed E-state index contributed by atoms with van der Waals surface area (Å²) in [5.41, 5.74) is 5.48. The molecule has 0 unspecified atom stereocenters. The summed E-state index contributed by atoms with van der Waals surface area (Å²) >= 11 is 1.71. The summed E-state index contributed by atoms with van der Waals surface area (Å²) in [4.78, 5) is 16.7. The first-order valence-corrected chi connectivity index (χ1v) is 6.63. The van der Waals surface area contributed by atoms with E-state index in [1.165, 1.54) is 17.0 Å². The van der Waals surface area contributed by atoms with Crippen molar-refractivity contribution in [3.05, 3.63) is 44.1 Å². The molecule has 0 spiro atoms. The van der Waals surface area contributed by atoms with Gasteiger partial charge in [-0.1, -0.05) is 6.92 Å². The topological polar surface area (TPSA) is 94.1 Å². The van der Waals surface area contributed by atoms with Gasteiger partial charge in [-0.3, -0.25) is 10.1 Å². The lowest BCUT2D eigenvalue weighted by Crippen LogP contribution is -2.03. The molecule has 2 rings (SSSR count). The number of nitrogens with zero attached hydrogens (tertiary/aromatic N) is 2. The highest BCUT2D eigenvalue weighted by molar-refractivity contribution is 7.12. The van der Waals surface area contributed by atoms with Crippen LogP contribution < -0.4 is 11.1 Å². The fraction of sp³-hybridized carbons (Fsp3) is 0.250. The number of nitro groups is 1. The minimum absolute atomic E-state index is 0.0598. The number of nitrogens with one attached hydrogen (secondary N) is 1. The molecule has 2 heterocycles. The molecule has 7 heteroatoms. The molecule has 0 fully saturated rings. The Morgan fingerprint density at radius 3 is 2.79 bits per heavy atom. The monoisotopic (exact) mass is 278 g/mol. The van der Waals surface area contributed by atoms with Crippen LogP contribution in [0, 0.1) is 10.1 Å².